The molecule has 1 heterocycles. The Morgan fingerprint density at radius 1 is 0.857 bits per heavy atom. The van der Waals surface area contributed by atoms with Crippen LogP contribution in [-0.2, 0) is 19.2 Å². The van der Waals surface area contributed by atoms with Gasteiger partial charge in [-0.1, -0.05) is 0 Å². The third-order valence-electron chi connectivity index (χ3n) is 3.13. The molecule has 0 saturated carbocycles. The number of aliphatic carboxylic acids is 4. The molecule has 15 nitrogen and oxygen atoms in total. The highest BCUT2D eigenvalue weighted by Gasteiger charge is 2.28. The fraction of sp³-hybridized carbons (Fsp3) is 0.462. The number of amides is 2. The highest BCUT2D eigenvalue weighted by atomic mass is 16.4. The van der Waals surface area contributed by atoms with E-state index < -0.39 is 73.2 Å². The van der Waals surface area contributed by atoms with Crippen LogP contribution in [-0.4, -0.2) is 66.6 Å². The van der Waals surface area contributed by atoms with Gasteiger partial charge in [-0.15, -0.1) is 10.2 Å². The summed E-state index contributed by atoms with van der Waals surface area (Å²) in [6.45, 7) is 0. The third-order valence-corrected chi connectivity index (χ3v) is 3.13. The maximum absolute atomic E-state index is 11.9. The van der Waals surface area contributed by atoms with Gasteiger partial charge in [0.15, 0.2) is 0 Å². The van der Waals surface area contributed by atoms with E-state index in [4.69, 9.17) is 30.6 Å². The summed E-state index contributed by atoms with van der Waals surface area (Å²) in [5, 5.41) is 46.1. The van der Waals surface area contributed by atoms with Gasteiger partial charge in [-0.05, 0) is 0 Å². The fourth-order valence-corrected chi connectivity index (χ4v) is 1.92. The Bertz CT molecular complexity index is 763. The van der Waals surface area contributed by atoms with Gasteiger partial charge in [0.25, 0.3) is 0 Å². The molecule has 28 heavy (non-hydrogen) atoms. The molecular formula is C13H17N5O10. The quantitative estimate of drug-likeness (QED) is 0.217. The SMILES string of the molecule is N[C@@H](CC(=O)O)c1nnc(C(CC(=O)O)NC(=O)N[C@@H](CC(=O)O)C(=O)O)o1. The van der Waals surface area contributed by atoms with Crippen molar-refractivity contribution in [3.63, 3.8) is 0 Å². The number of carbonyl (C=O) groups is 5. The lowest BCUT2D eigenvalue weighted by Gasteiger charge is -2.17. The molecule has 0 aliphatic carbocycles. The van der Waals surface area contributed by atoms with Gasteiger partial charge in [-0.25, -0.2) is 9.59 Å². The van der Waals surface area contributed by atoms with Crippen LogP contribution in [0.3, 0.4) is 0 Å². The van der Waals surface area contributed by atoms with Crippen molar-refractivity contribution in [1.29, 1.82) is 0 Å². The number of carboxylic acid groups (broad SMARTS) is 4. The van der Waals surface area contributed by atoms with Crippen LogP contribution in [0.1, 0.15) is 43.1 Å². The van der Waals surface area contributed by atoms with E-state index in [9.17, 15) is 24.0 Å². The second kappa shape index (κ2) is 9.81. The number of nitrogens with one attached hydrogen (secondary N) is 2. The number of urea groups is 1. The molecule has 0 bridgehead atoms. The van der Waals surface area contributed by atoms with Crippen LogP contribution in [0.4, 0.5) is 4.79 Å². The first-order chi connectivity index (χ1) is 13.0. The Labute approximate surface area is 155 Å². The van der Waals surface area contributed by atoms with Crippen LogP contribution in [0, 0.1) is 0 Å². The van der Waals surface area contributed by atoms with Crippen molar-refractivity contribution in [2.75, 3.05) is 0 Å². The Kier molecular flexibility index (Phi) is 7.81. The molecule has 0 aromatic carbocycles. The molecule has 0 spiro atoms. The molecule has 3 atom stereocenters. The highest BCUT2D eigenvalue weighted by Crippen LogP contribution is 2.19. The minimum absolute atomic E-state index is 0.315. The molecule has 0 fully saturated rings. The lowest BCUT2D eigenvalue weighted by molar-refractivity contribution is -0.145. The summed E-state index contributed by atoms with van der Waals surface area (Å²) >= 11 is 0. The van der Waals surface area contributed by atoms with Crippen molar-refractivity contribution in [3.05, 3.63) is 11.8 Å². The Balaban J connectivity index is 2.91. The molecule has 0 saturated heterocycles. The van der Waals surface area contributed by atoms with Crippen molar-refractivity contribution in [2.45, 2.75) is 37.4 Å². The zero-order valence-corrected chi connectivity index (χ0v) is 14.1. The maximum atomic E-state index is 11.9. The lowest BCUT2D eigenvalue weighted by Crippen LogP contribution is -2.48. The van der Waals surface area contributed by atoms with Gasteiger partial charge < -0.3 is 41.2 Å². The third kappa shape index (κ3) is 7.24. The average Bonchev–Trinajstić information content (AvgIpc) is 3.02. The van der Waals surface area contributed by atoms with Gasteiger partial charge in [0.05, 0.1) is 25.3 Å². The van der Waals surface area contributed by atoms with Crippen LogP contribution < -0.4 is 16.4 Å². The number of hydrogen-bond acceptors (Lipinski definition) is 9. The van der Waals surface area contributed by atoms with Gasteiger partial charge >= 0.3 is 29.9 Å². The van der Waals surface area contributed by atoms with Gasteiger partial charge in [-0.2, -0.15) is 0 Å². The summed E-state index contributed by atoms with van der Waals surface area (Å²) in [5.74, 6) is -6.47. The standard InChI is InChI=1S/C13H17N5O10/c14-4(1-7(19)20)10-17-18-11(28-10)5(2-8(21)22)15-13(27)16-6(12(25)26)3-9(23)24/h4-6H,1-3,14H2,(H,19,20)(H,21,22)(H,23,24)(H,25,26)(H2,15,16,27)/t4-,5?,6-/m0/s1. The molecule has 1 rings (SSSR count). The molecule has 154 valence electrons. The Hall–Kier alpha value is -3.75. The summed E-state index contributed by atoms with van der Waals surface area (Å²) in [7, 11) is 0. The second-order valence-corrected chi connectivity index (χ2v) is 5.44. The molecule has 1 aromatic rings. The van der Waals surface area contributed by atoms with E-state index >= 15 is 0 Å². The first-order valence-electron chi connectivity index (χ1n) is 7.53. The molecule has 0 aliphatic heterocycles. The van der Waals surface area contributed by atoms with Gasteiger partial charge in [0.1, 0.15) is 12.1 Å². The molecule has 15 heteroatoms. The molecule has 1 unspecified atom stereocenters. The predicted octanol–water partition coefficient (Wildman–Crippen LogP) is -1.71. The Morgan fingerprint density at radius 3 is 1.89 bits per heavy atom. The predicted molar refractivity (Wildman–Crippen MR) is 83.8 cm³/mol. The largest absolute Gasteiger partial charge is 0.481 e. The number of aromatic nitrogens is 2. The molecule has 0 radical (unpaired) electrons. The van der Waals surface area contributed by atoms with Crippen molar-refractivity contribution in [1.82, 2.24) is 20.8 Å². The average molecular weight is 403 g/mol. The molecule has 8 N–H and O–H groups in total. The summed E-state index contributed by atoms with van der Waals surface area (Å²) in [4.78, 5) is 55.2. The zero-order valence-electron chi connectivity index (χ0n) is 14.1. The maximum Gasteiger partial charge on any atom is 0.326 e. The van der Waals surface area contributed by atoms with Crippen LogP contribution in [0.15, 0.2) is 4.42 Å². The van der Waals surface area contributed by atoms with E-state index in [1.807, 2.05) is 5.32 Å². The minimum atomic E-state index is -1.77. The van der Waals surface area contributed by atoms with E-state index in [1.165, 1.54) is 0 Å². The van der Waals surface area contributed by atoms with Gasteiger partial charge in [-0.3, -0.25) is 14.4 Å². The normalized spacial score (nSPS) is 13.8. The van der Waals surface area contributed by atoms with E-state index in [-0.39, 0.29) is 5.89 Å². The molecule has 2 amide bonds. The van der Waals surface area contributed by atoms with Crippen LogP contribution in [0.25, 0.3) is 0 Å². The molecule has 0 aliphatic rings. The van der Waals surface area contributed by atoms with Crippen LogP contribution in [0.5, 0.6) is 0 Å². The van der Waals surface area contributed by atoms with Gasteiger partial charge in [0.2, 0.25) is 11.8 Å². The van der Waals surface area contributed by atoms with E-state index in [0.717, 1.165) is 0 Å². The molecule has 1 aromatic heterocycles. The number of nitrogens with two attached hydrogens (primary N) is 1. The monoisotopic (exact) mass is 403 g/mol. The lowest BCUT2D eigenvalue weighted by atomic mass is 10.2. The number of hydrogen-bond donors (Lipinski definition) is 7. The first-order valence-corrected chi connectivity index (χ1v) is 7.53. The summed E-state index contributed by atoms with van der Waals surface area (Å²) in [6, 6.07) is -5.57. The number of nitrogens with zero attached hydrogens (tertiary/aromatic N) is 2. The smallest absolute Gasteiger partial charge is 0.326 e. The van der Waals surface area contributed by atoms with E-state index in [1.54, 1.807) is 0 Å². The van der Waals surface area contributed by atoms with Crippen molar-refractivity contribution >= 4 is 29.9 Å². The second-order valence-electron chi connectivity index (χ2n) is 5.44. The summed E-state index contributed by atoms with van der Waals surface area (Å²) in [5.41, 5.74) is 5.54. The zero-order chi connectivity index (χ0) is 21.4. The summed E-state index contributed by atoms with van der Waals surface area (Å²) < 4.78 is 5.10. The van der Waals surface area contributed by atoms with Crippen molar-refractivity contribution in [3.8, 4) is 0 Å². The fourth-order valence-electron chi connectivity index (χ4n) is 1.92. The summed E-state index contributed by atoms with van der Waals surface area (Å²) in [6.07, 6.45) is -2.21. The first kappa shape index (κ1) is 22.3. The number of carbonyl (C=O) groups excluding carboxylic acids is 1. The highest BCUT2D eigenvalue weighted by molar-refractivity contribution is 5.86. The van der Waals surface area contributed by atoms with Gasteiger partial charge in [0, 0.05) is 0 Å². The van der Waals surface area contributed by atoms with Crippen molar-refractivity contribution in [2.24, 2.45) is 5.73 Å². The topological polar surface area (TPSA) is 255 Å². The molecular weight excluding hydrogens is 386 g/mol. The van der Waals surface area contributed by atoms with Crippen molar-refractivity contribution < 1.29 is 48.8 Å². The number of rotatable bonds is 11. The number of carboxylic acids is 4. The van der Waals surface area contributed by atoms with E-state index in [2.05, 4.69) is 15.5 Å². The Morgan fingerprint density at radius 2 is 1.39 bits per heavy atom. The van der Waals surface area contributed by atoms with Crippen LogP contribution >= 0.6 is 0 Å². The van der Waals surface area contributed by atoms with E-state index in [0.29, 0.717) is 0 Å². The minimum Gasteiger partial charge on any atom is -0.481 e. The van der Waals surface area contributed by atoms with Crippen LogP contribution in [0.2, 0.25) is 0 Å².